The average molecular weight is 438 g/mol. The summed E-state index contributed by atoms with van der Waals surface area (Å²) in [5, 5.41) is 10.1. The van der Waals surface area contributed by atoms with Gasteiger partial charge in [-0.2, -0.15) is 5.10 Å². The minimum Gasteiger partial charge on any atom is -0.324 e. The molecular weight excluding hydrogens is 410 g/mol. The van der Waals surface area contributed by atoms with Gasteiger partial charge in [-0.3, -0.25) is 14.7 Å². The van der Waals surface area contributed by atoms with E-state index in [-0.39, 0.29) is 17.6 Å². The van der Waals surface area contributed by atoms with Crippen LogP contribution in [0.5, 0.6) is 0 Å². The Morgan fingerprint density at radius 2 is 1.84 bits per heavy atom. The second-order valence-corrected chi connectivity index (χ2v) is 8.46. The Morgan fingerprint density at radius 3 is 2.45 bits per heavy atom. The third-order valence-corrected chi connectivity index (χ3v) is 6.15. The molecule has 0 bridgehead atoms. The molecule has 2 N–H and O–H groups in total. The number of thioether (sulfide) groups is 1. The van der Waals surface area contributed by atoms with Crippen molar-refractivity contribution in [3.63, 3.8) is 0 Å². The summed E-state index contributed by atoms with van der Waals surface area (Å²) in [4.78, 5) is 32.4. The van der Waals surface area contributed by atoms with Crippen LogP contribution in [-0.4, -0.2) is 43.2 Å². The highest BCUT2D eigenvalue weighted by Crippen LogP contribution is 2.26. The van der Waals surface area contributed by atoms with Gasteiger partial charge in [0.2, 0.25) is 11.8 Å². The van der Waals surface area contributed by atoms with Gasteiger partial charge in [0, 0.05) is 12.2 Å². The third-order valence-electron chi connectivity index (χ3n) is 5.29. The highest BCUT2D eigenvalue weighted by molar-refractivity contribution is 7.99. The summed E-state index contributed by atoms with van der Waals surface area (Å²) in [7, 11) is 0. The van der Waals surface area contributed by atoms with Crippen LogP contribution in [-0.2, 0) is 16.1 Å². The standard InChI is InChI=1S/C23H27N5O2S/c1-4-23(3,21(30)26-19-12-10-17(2)11-13-19)28(14-18-8-6-5-7-9-18)20(29)15-31-22-24-16-25-27-22/h5-13,16H,4,14-15H2,1-3H3,(H,26,30)(H,24,25,27). The number of aromatic amines is 1. The number of aromatic nitrogens is 3. The molecule has 1 aromatic heterocycles. The Labute approximate surface area is 186 Å². The molecule has 1 atom stereocenters. The maximum Gasteiger partial charge on any atom is 0.250 e. The lowest BCUT2D eigenvalue weighted by Crippen LogP contribution is -2.57. The highest BCUT2D eigenvalue weighted by Gasteiger charge is 2.40. The fraction of sp³-hybridized carbons (Fsp3) is 0.304. The molecule has 8 heteroatoms. The van der Waals surface area contributed by atoms with Gasteiger partial charge in [-0.25, -0.2) is 4.98 Å². The van der Waals surface area contributed by atoms with Gasteiger partial charge in [-0.05, 0) is 38.0 Å². The van der Waals surface area contributed by atoms with Crippen molar-refractivity contribution in [1.29, 1.82) is 0 Å². The molecule has 31 heavy (non-hydrogen) atoms. The van der Waals surface area contributed by atoms with Gasteiger partial charge in [0.05, 0.1) is 5.75 Å². The monoisotopic (exact) mass is 437 g/mol. The van der Waals surface area contributed by atoms with Crippen LogP contribution >= 0.6 is 11.8 Å². The summed E-state index contributed by atoms with van der Waals surface area (Å²) >= 11 is 1.27. The first-order valence-corrected chi connectivity index (χ1v) is 11.1. The van der Waals surface area contributed by atoms with Crippen molar-refractivity contribution in [1.82, 2.24) is 20.1 Å². The van der Waals surface area contributed by atoms with Crippen molar-refractivity contribution >= 4 is 29.3 Å². The molecule has 3 aromatic rings. The van der Waals surface area contributed by atoms with Crippen LogP contribution in [0.4, 0.5) is 5.69 Å². The second-order valence-electron chi connectivity index (χ2n) is 7.49. The number of hydrogen-bond donors (Lipinski definition) is 2. The Morgan fingerprint density at radius 1 is 1.13 bits per heavy atom. The van der Waals surface area contributed by atoms with E-state index >= 15 is 0 Å². The first-order valence-electron chi connectivity index (χ1n) is 10.1. The number of benzene rings is 2. The molecular formula is C23H27N5O2S. The Hall–Kier alpha value is -3.13. The van der Waals surface area contributed by atoms with Crippen molar-refractivity contribution in [2.75, 3.05) is 11.1 Å². The van der Waals surface area contributed by atoms with Gasteiger partial charge >= 0.3 is 0 Å². The average Bonchev–Trinajstić information content (AvgIpc) is 3.31. The maximum atomic E-state index is 13.4. The van der Waals surface area contributed by atoms with E-state index in [4.69, 9.17) is 0 Å². The molecule has 7 nitrogen and oxygen atoms in total. The number of nitrogens with zero attached hydrogens (tertiary/aromatic N) is 3. The summed E-state index contributed by atoms with van der Waals surface area (Å²) in [6.07, 6.45) is 1.87. The molecule has 3 rings (SSSR count). The topological polar surface area (TPSA) is 91.0 Å². The van der Waals surface area contributed by atoms with E-state index in [1.54, 1.807) is 4.90 Å². The van der Waals surface area contributed by atoms with E-state index in [0.29, 0.717) is 23.8 Å². The van der Waals surface area contributed by atoms with E-state index in [2.05, 4.69) is 20.5 Å². The van der Waals surface area contributed by atoms with Crippen LogP contribution in [0.3, 0.4) is 0 Å². The van der Waals surface area contributed by atoms with E-state index in [0.717, 1.165) is 11.1 Å². The van der Waals surface area contributed by atoms with Crippen LogP contribution in [0, 0.1) is 6.92 Å². The molecule has 0 aliphatic carbocycles. The van der Waals surface area contributed by atoms with Gasteiger partial charge in [0.1, 0.15) is 11.9 Å². The van der Waals surface area contributed by atoms with Gasteiger partial charge in [0.25, 0.3) is 0 Å². The molecule has 0 aliphatic rings. The second kappa shape index (κ2) is 10.3. The summed E-state index contributed by atoms with van der Waals surface area (Å²) < 4.78 is 0. The number of anilines is 1. The van der Waals surface area contributed by atoms with Crippen LogP contribution in [0.2, 0.25) is 0 Å². The first-order chi connectivity index (χ1) is 14.9. The molecule has 0 aliphatic heterocycles. The number of rotatable bonds is 9. The van der Waals surface area contributed by atoms with Gasteiger partial charge in [-0.15, -0.1) is 0 Å². The summed E-state index contributed by atoms with van der Waals surface area (Å²) in [5.74, 6) is -0.212. The fourth-order valence-corrected chi connectivity index (χ4v) is 3.81. The SMILES string of the molecule is CCC(C)(C(=O)Nc1ccc(C)cc1)N(Cc1ccccc1)C(=O)CSc1ncn[nH]1. The van der Waals surface area contributed by atoms with E-state index in [9.17, 15) is 9.59 Å². The lowest BCUT2D eigenvalue weighted by atomic mass is 9.93. The zero-order valence-corrected chi connectivity index (χ0v) is 18.8. The smallest absolute Gasteiger partial charge is 0.250 e. The largest absolute Gasteiger partial charge is 0.324 e. The van der Waals surface area contributed by atoms with Crippen LogP contribution < -0.4 is 5.32 Å². The molecule has 162 valence electrons. The number of carbonyl (C=O) groups excluding carboxylic acids is 2. The van der Waals surface area contributed by atoms with E-state index in [1.807, 2.05) is 75.4 Å². The Kier molecular flexibility index (Phi) is 7.46. The van der Waals surface area contributed by atoms with Crippen LogP contribution in [0.15, 0.2) is 66.1 Å². The summed E-state index contributed by atoms with van der Waals surface area (Å²) in [5.41, 5.74) is 1.75. The van der Waals surface area contributed by atoms with Crippen LogP contribution in [0.25, 0.3) is 0 Å². The highest BCUT2D eigenvalue weighted by atomic mass is 32.2. The Balaban J connectivity index is 1.84. The minimum absolute atomic E-state index is 0.145. The number of aryl methyl sites for hydroxylation is 1. The van der Waals surface area contributed by atoms with Crippen molar-refractivity contribution in [3.8, 4) is 0 Å². The predicted molar refractivity (Wildman–Crippen MR) is 123 cm³/mol. The predicted octanol–water partition coefficient (Wildman–Crippen LogP) is 4.04. The zero-order valence-electron chi connectivity index (χ0n) is 18.0. The molecule has 0 saturated heterocycles. The van der Waals surface area contributed by atoms with E-state index < -0.39 is 5.54 Å². The quantitative estimate of drug-likeness (QED) is 0.493. The lowest BCUT2D eigenvalue weighted by molar-refractivity contribution is -0.143. The van der Waals surface area contributed by atoms with Gasteiger partial charge in [0.15, 0.2) is 5.16 Å². The first kappa shape index (κ1) is 22.6. The van der Waals surface area contributed by atoms with E-state index in [1.165, 1.54) is 18.1 Å². The molecule has 2 amide bonds. The molecule has 0 radical (unpaired) electrons. The Bertz CT molecular complexity index is 993. The van der Waals surface area contributed by atoms with Crippen molar-refractivity contribution in [2.45, 2.75) is 44.4 Å². The maximum absolute atomic E-state index is 13.4. The molecule has 0 saturated carbocycles. The molecule has 0 spiro atoms. The number of H-pyrrole nitrogens is 1. The fourth-order valence-electron chi connectivity index (χ4n) is 3.15. The normalized spacial score (nSPS) is 12.7. The number of hydrogen-bond acceptors (Lipinski definition) is 5. The van der Waals surface area contributed by atoms with Crippen LogP contribution in [0.1, 0.15) is 31.4 Å². The number of carbonyl (C=O) groups is 2. The van der Waals surface area contributed by atoms with Gasteiger partial charge in [-0.1, -0.05) is 66.7 Å². The third kappa shape index (κ3) is 5.73. The molecule has 0 fully saturated rings. The van der Waals surface area contributed by atoms with Gasteiger partial charge < -0.3 is 10.2 Å². The van der Waals surface area contributed by atoms with Crippen molar-refractivity contribution < 1.29 is 9.59 Å². The number of nitrogens with one attached hydrogen (secondary N) is 2. The zero-order chi connectivity index (χ0) is 22.3. The summed E-state index contributed by atoms with van der Waals surface area (Å²) in [6, 6.07) is 17.3. The number of amides is 2. The molecule has 2 aromatic carbocycles. The minimum atomic E-state index is -1.03. The molecule has 1 unspecified atom stereocenters. The van der Waals surface area contributed by atoms with Crippen molar-refractivity contribution in [2.24, 2.45) is 0 Å². The van der Waals surface area contributed by atoms with Crippen molar-refractivity contribution in [3.05, 3.63) is 72.1 Å². The molecule has 1 heterocycles. The lowest BCUT2D eigenvalue weighted by Gasteiger charge is -2.39. The summed E-state index contributed by atoms with van der Waals surface area (Å²) in [6.45, 7) is 6.07.